The summed E-state index contributed by atoms with van der Waals surface area (Å²) in [5, 5.41) is 4.96. The topological polar surface area (TPSA) is 41.1 Å². The molecule has 1 amide bonds. The summed E-state index contributed by atoms with van der Waals surface area (Å²) in [6, 6.07) is 7.30. The molecule has 0 saturated heterocycles. The maximum Gasteiger partial charge on any atom is 0.255 e. The minimum atomic E-state index is -1.16. The number of amides is 1. The third kappa shape index (κ3) is 2.90. The number of benzene rings is 2. The highest BCUT2D eigenvalue weighted by atomic mass is 19.1. The molecule has 6 heteroatoms. The van der Waals surface area contributed by atoms with Crippen LogP contribution in [0.2, 0.25) is 0 Å². The smallest absolute Gasteiger partial charge is 0.255 e. The van der Waals surface area contributed by atoms with Crippen LogP contribution in [0.1, 0.15) is 10.4 Å². The van der Waals surface area contributed by atoms with Gasteiger partial charge in [-0.15, -0.1) is 0 Å². The molecule has 0 spiro atoms. The summed E-state index contributed by atoms with van der Waals surface area (Å²) in [5.41, 5.74) is 0.349. The van der Waals surface area contributed by atoms with Crippen LogP contribution < -0.4 is 10.6 Å². The molecule has 2 rings (SSSR count). The fourth-order valence-corrected chi connectivity index (χ4v) is 1.64. The highest BCUT2D eigenvalue weighted by molar-refractivity contribution is 6.04. The van der Waals surface area contributed by atoms with Crippen LogP contribution >= 0.6 is 0 Å². The molecule has 3 nitrogen and oxygen atoms in total. The van der Waals surface area contributed by atoms with Crippen molar-refractivity contribution >= 4 is 17.3 Å². The van der Waals surface area contributed by atoms with E-state index < -0.39 is 29.0 Å². The van der Waals surface area contributed by atoms with Crippen molar-refractivity contribution in [2.45, 2.75) is 0 Å². The first-order chi connectivity index (χ1) is 9.51. The lowest BCUT2D eigenvalue weighted by molar-refractivity contribution is 0.102. The summed E-state index contributed by atoms with van der Waals surface area (Å²) in [6.07, 6.45) is 0. The van der Waals surface area contributed by atoms with Crippen molar-refractivity contribution < 1.29 is 18.0 Å². The van der Waals surface area contributed by atoms with E-state index >= 15 is 0 Å². The molecule has 0 atom stereocenters. The Balaban J connectivity index is 2.23. The van der Waals surface area contributed by atoms with Crippen LogP contribution in [0.15, 0.2) is 36.4 Å². The highest BCUT2D eigenvalue weighted by Gasteiger charge is 2.15. The second kappa shape index (κ2) is 5.64. The largest absolute Gasteiger partial charge is 0.388 e. The minimum absolute atomic E-state index is 0.229. The zero-order valence-corrected chi connectivity index (χ0v) is 10.5. The minimum Gasteiger partial charge on any atom is -0.388 e. The molecular formula is C14H11F3N2O. The third-order valence-corrected chi connectivity index (χ3v) is 2.68. The van der Waals surface area contributed by atoms with Crippen LogP contribution in [-0.4, -0.2) is 13.0 Å². The Hall–Kier alpha value is -2.50. The second-order valence-electron chi connectivity index (χ2n) is 4.03. The summed E-state index contributed by atoms with van der Waals surface area (Å²) in [7, 11) is 1.72. The van der Waals surface area contributed by atoms with E-state index in [4.69, 9.17) is 0 Å². The molecule has 0 unspecified atom stereocenters. The summed E-state index contributed by atoms with van der Waals surface area (Å²) in [4.78, 5) is 11.8. The molecule has 0 aliphatic rings. The Morgan fingerprint density at radius 2 is 1.55 bits per heavy atom. The van der Waals surface area contributed by atoms with E-state index in [2.05, 4.69) is 10.6 Å². The number of rotatable bonds is 3. The molecule has 0 radical (unpaired) electrons. The van der Waals surface area contributed by atoms with Crippen LogP contribution in [0, 0.1) is 17.5 Å². The lowest BCUT2D eigenvalue weighted by atomic mass is 10.2. The number of hydrogen-bond acceptors (Lipinski definition) is 2. The standard InChI is InChI=1S/C14H11F3N2O/c1-18-10-4-2-8(3-5-10)14(20)19-13-11(16)6-9(15)7-12(13)17/h2-7,18H,1H3,(H,19,20). The Morgan fingerprint density at radius 3 is 2.05 bits per heavy atom. The van der Waals surface area contributed by atoms with Crippen LogP contribution in [0.25, 0.3) is 0 Å². The summed E-state index contributed by atoms with van der Waals surface area (Å²) in [6.45, 7) is 0. The molecule has 2 N–H and O–H groups in total. The van der Waals surface area contributed by atoms with E-state index in [9.17, 15) is 18.0 Å². The zero-order valence-electron chi connectivity index (χ0n) is 10.5. The molecule has 20 heavy (non-hydrogen) atoms. The van der Waals surface area contributed by atoms with Crippen molar-refractivity contribution in [1.82, 2.24) is 0 Å². The summed E-state index contributed by atoms with van der Waals surface area (Å²) >= 11 is 0. The fourth-order valence-electron chi connectivity index (χ4n) is 1.64. The Bertz CT molecular complexity index is 618. The van der Waals surface area contributed by atoms with Crippen LogP contribution in [0.5, 0.6) is 0 Å². The van der Waals surface area contributed by atoms with Crippen LogP contribution in [-0.2, 0) is 0 Å². The maximum atomic E-state index is 13.4. The van der Waals surface area contributed by atoms with Crippen molar-refractivity contribution in [2.24, 2.45) is 0 Å². The quantitative estimate of drug-likeness (QED) is 0.904. The zero-order chi connectivity index (χ0) is 14.7. The van der Waals surface area contributed by atoms with Gasteiger partial charge in [-0.05, 0) is 24.3 Å². The van der Waals surface area contributed by atoms with Gasteiger partial charge in [0.25, 0.3) is 5.91 Å². The Labute approximate surface area is 113 Å². The van der Waals surface area contributed by atoms with Crippen molar-refractivity contribution in [3.8, 4) is 0 Å². The van der Waals surface area contributed by atoms with Gasteiger partial charge in [-0.3, -0.25) is 4.79 Å². The van der Waals surface area contributed by atoms with Crippen molar-refractivity contribution in [3.63, 3.8) is 0 Å². The molecule has 0 bridgehead atoms. The average Bonchev–Trinajstić information content (AvgIpc) is 2.42. The van der Waals surface area contributed by atoms with Crippen molar-refractivity contribution in [3.05, 3.63) is 59.4 Å². The monoisotopic (exact) mass is 280 g/mol. The van der Waals surface area contributed by atoms with Gasteiger partial charge in [0.05, 0.1) is 0 Å². The first kappa shape index (κ1) is 13.9. The van der Waals surface area contributed by atoms with Gasteiger partial charge < -0.3 is 10.6 Å². The van der Waals surface area contributed by atoms with Gasteiger partial charge in [0, 0.05) is 30.4 Å². The van der Waals surface area contributed by atoms with Gasteiger partial charge in [-0.25, -0.2) is 13.2 Å². The molecule has 0 aliphatic carbocycles. The van der Waals surface area contributed by atoms with Crippen LogP contribution in [0.3, 0.4) is 0 Å². The fraction of sp³-hybridized carbons (Fsp3) is 0.0714. The maximum absolute atomic E-state index is 13.4. The van der Waals surface area contributed by atoms with Crippen molar-refractivity contribution in [2.75, 3.05) is 17.7 Å². The Kier molecular flexibility index (Phi) is 3.93. The highest BCUT2D eigenvalue weighted by Crippen LogP contribution is 2.21. The first-order valence-corrected chi connectivity index (χ1v) is 5.75. The number of anilines is 2. The predicted octanol–water partition coefficient (Wildman–Crippen LogP) is 3.40. The normalized spacial score (nSPS) is 10.2. The lowest BCUT2D eigenvalue weighted by Gasteiger charge is -2.08. The molecule has 0 aromatic heterocycles. The molecule has 2 aromatic carbocycles. The van der Waals surface area contributed by atoms with Gasteiger partial charge >= 0.3 is 0 Å². The number of hydrogen-bond donors (Lipinski definition) is 2. The summed E-state index contributed by atoms with van der Waals surface area (Å²) in [5.74, 6) is -4.06. The van der Waals surface area contributed by atoms with Gasteiger partial charge in [0.2, 0.25) is 0 Å². The summed E-state index contributed by atoms with van der Waals surface area (Å²) < 4.78 is 39.6. The number of carbonyl (C=O) groups excluding carboxylic acids is 1. The molecule has 0 saturated carbocycles. The number of halogens is 3. The SMILES string of the molecule is CNc1ccc(C(=O)Nc2c(F)cc(F)cc2F)cc1. The van der Waals surface area contributed by atoms with E-state index in [1.807, 2.05) is 0 Å². The lowest BCUT2D eigenvalue weighted by Crippen LogP contribution is -2.14. The van der Waals surface area contributed by atoms with E-state index in [-0.39, 0.29) is 5.56 Å². The predicted molar refractivity (Wildman–Crippen MR) is 70.3 cm³/mol. The van der Waals surface area contributed by atoms with Gasteiger partial charge in [0.15, 0.2) is 11.6 Å². The van der Waals surface area contributed by atoms with Crippen LogP contribution in [0.4, 0.5) is 24.5 Å². The molecule has 2 aromatic rings. The van der Waals surface area contributed by atoms with E-state index in [0.29, 0.717) is 12.1 Å². The third-order valence-electron chi connectivity index (χ3n) is 2.68. The van der Waals surface area contributed by atoms with E-state index in [0.717, 1.165) is 5.69 Å². The molecule has 104 valence electrons. The second-order valence-corrected chi connectivity index (χ2v) is 4.03. The molecule has 0 heterocycles. The molecule has 0 fully saturated rings. The number of carbonyl (C=O) groups is 1. The van der Waals surface area contributed by atoms with Gasteiger partial charge in [0.1, 0.15) is 11.5 Å². The van der Waals surface area contributed by atoms with Gasteiger partial charge in [-0.1, -0.05) is 0 Å². The average molecular weight is 280 g/mol. The molecule has 0 aliphatic heterocycles. The van der Waals surface area contributed by atoms with Crippen molar-refractivity contribution in [1.29, 1.82) is 0 Å². The first-order valence-electron chi connectivity index (χ1n) is 5.75. The number of nitrogens with one attached hydrogen (secondary N) is 2. The Morgan fingerprint density at radius 1 is 1.00 bits per heavy atom. The molecular weight excluding hydrogens is 269 g/mol. The van der Waals surface area contributed by atoms with E-state index in [1.165, 1.54) is 12.1 Å². The van der Waals surface area contributed by atoms with Gasteiger partial charge in [-0.2, -0.15) is 0 Å². The van der Waals surface area contributed by atoms with E-state index in [1.54, 1.807) is 19.2 Å².